The Morgan fingerprint density at radius 2 is 1.17 bits per heavy atom. The fraction of sp³-hybridized carbons (Fsp3) is 0.288. The minimum atomic E-state index is -0.439. The molecule has 0 atom stereocenters. The van der Waals surface area contributed by atoms with Gasteiger partial charge in [0.25, 0.3) is 0 Å². The summed E-state index contributed by atoms with van der Waals surface area (Å²) >= 11 is 0. The van der Waals surface area contributed by atoms with Crippen LogP contribution in [0.2, 0.25) is 0 Å². The summed E-state index contributed by atoms with van der Waals surface area (Å²) in [5, 5.41) is 7.65. The molecule has 0 saturated heterocycles. The summed E-state index contributed by atoms with van der Waals surface area (Å²) in [6, 6.07) is 44.8. The van der Waals surface area contributed by atoms with Crippen molar-refractivity contribution in [1.29, 1.82) is 0 Å². The molecule has 6 heteroatoms. The predicted octanol–water partition coefficient (Wildman–Crippen LogP) is 12.5. The Balaban J connectivity index is 1.23. The molecule has 6 nitrogen and oxygen atoms in total. The highest BCUT2D eigenvalue weighted by atomic mass is 16.5. The third kappa shape index (κ3) is 7.32. The number of nitrogens with zero attached hydrogens (tertiary/aromatic N) is 5. The zero-order valence-electron chi connectivity index (χ0n) is 35.8. The van der Waals surface area contributed by atoms with Crippen molar-refractivity contribution in [2.75, 3.05) is 0 Å². The van der Waals surface area contributed by atoms with Crippen LogP contribution in [-0.4, -0.2) is 19.3 Å². The van der Waals surface area contributed by atoms with Crippen molar-refractivity contribution in [3.05, 3.63) is 168 Å². The van der Waals surface area contributed by atoms with Crippen LogP contribution in [0.5, 0.6) is 11.5 Å². The van der Waals surface area contributed by atoms with Crippen molar-refractivity contribution in [1.82, 2.24) is 19.3 Å². The molecule has 0 unspecified atom stereocenters. The summed E-state index contributed by atoms with van der Waals surface area (Å²) in [5.41, 5.74) is 8.46. The molecule has 8 aromatic rings. The molecule has 0 N–H and O–H groups in total. The van der Waals surface area contributed by atoms with E-state index in [2.05, 4.69) is 195 Å². The average Bonchev–Trinajstić information content (AvgIpc) is 3.78. The first kappa shape index (κ1) is 38.8. The second kappa shape index (κ2) is 14.1. The maximum absolute atomic E-state index is 6.68. The Labute approximate surface area is 343 Å². The van der Waals surface area contributed by atoms with Gasteiger partial charge in [0.15, 0.2) is 0 Å². The van der Waals surface area contributed by atoms with Crippen molar-refractivity contribution in [3.8, 4) is 28.7 Å². The van der Waals surface area contributed by atoms with Gasteiger partial charge in [0.05, 0.1) is 16.7 Å². The first-order chi connectivity index (χ1) is 27.4. The van der Waals surface area contributed by atoms with Gasteiger partial charge in [0, 0.05) is 34.1 Å². The molecule has 0 aliphatic carbocycles. The molecule has 0 aliphatic rings. The lowest BCUT2D eigenvalue weighted by atomic mass is 9.80. The average molecular weight is 766 g/mol. The van der Waals surface area contributed by atoms with Crippen molar-refractivity contribution >= 4 is 21.8 Å². The fourth-order valence-electron chi connectivity index (χ4n) is 7.68. The van der Waals surface area contributed by atoms with Crippen LogP contribution in [0.15, 0.2) is 134 Å². The van der Waals surface area contributed by atoms with E-state index in [4.69, 9.17) is 14.8 Å². The van der Waals surface area contributed by atoms with Gasteiger partial charge in [-0.1, -0.05) is 155 Å². The van der Waals surface area contributed by atoms with Crippen molar-refractivity contribution < 1.29 is 9.30 Å². The fourth-order valence-corrected chi connectivity index (χ4v) is 7.68. The van der Waals surface area contributed by atoms with E-state index in [9.17, 15) is 0 Å². The number of rotatable bonds is 7. The second-order valence-electron chi connectivity index (χ2n) is 19.2. The number of para-hydroxylation sites is 1. The minimum Gasteiger partial charge on any atom is -0.458 e. The molecule has 5 aromatic carbocycles. The standard InChI is InChI=1S/C52H55N5O/c1-49(2,3)36-26-27-53-47(31-36)57-45-23-16-15-22-43(45)44-25-24-42(33-46(44)57)58-41-21-17-20-39(32-41)56-34-55(48(54-56)52(10,11)35-18-13-12-14-19-35)40-29-37(50(4,5)6)28-38(30-40)51(7,8)9/h12-33H,1-11H3. The highest BCUT2D eigenvalue weighted by Gasteiger charge is 2.33. The van der Waals surface area contributed by atoms with Crippen LogP contribution in [0.4, 0.5) is 0 Å². The smallest absolute Gasteiger partial charge is 0.212 e. The van der Waals surface area contributed by atoms with E-state index in [1.54, 1.807) is 0 Å². The van der Waals surface area contributed by atoms with Crippen LogP contribution >= 0.6 is 0 Å². The Morgan fingerprint density at radius 1 is 0.534 bits per heavy atom. The third-order valence-electron chi connectivity index (χ3n) is 11.3. The lowest BCUT2D eigenvalue weighted by Crippen LogP contribution is -2.41. The SMILES string of the molecule is CC(C)(C)c1cc(-[n+]2[c-]n(-c3cccc(Oc4ccc5c6ccccc6n(-c6cc(C(C)(C)C)ccn6)c5c4)c3)nc2C(C)(C)c2ccccc2)cc(C(C)(C)C)c1. The summed E-state index contributed by atoms with van der Waals surface area (Å²) in [7, 11) is 0. The Kier molecular flexibility index (Phi) is 9.46. The van der Waals surface area contributed by atoms with Gasteiger partial charge in [-0.15, -0.1) is 0 Å². The topological polar surface area (TPSA) is 48.8 Å². The Morgan fingerprint density at radius 3 is 1.86 bits per heavy atom. The molecule has 3 aromatic heterocycles. The quantitative estimate of drug-likeness (QED) is 0.120. The van der Waals surface area contributed by atoms with Crippen LogP contribution < -0.4 is 9.30 Å². The second-order valence-corrected chi connectivity index (χ2v) is 19.2. The summed E-state index contributed by atoms with van der Waals surface area (Å²) in [6.45, 7) is 24.8. The molecule has 0 spiro atoms. The molecule has 58 heavy (non-hydrogen) atoms. The highest BCUT2D eigenvalue weighted by molar-refractivity contribution is 6.09. The van der Waals surface area contributed by atoms with Gasteiger partial charge in [-0.05, 0) is 86.1 Å². The molecule has 3 heterocycles. The molecule has 0 fully saturated rings. The van der Waals surface area contributed by atoms with Gasteiger partial charge >= 0.3 is 0 Å². The van der Waals surface area contributed by atoms with Gasteiger partial charge in [-0.2, -0.15) is 4.68 Å². The van der Waals surface area contributed by atoms with E-state index >= 15 is 0 Å². The summed E-state index contributed by atoms with van der Waals surface area (Å²) < 4.78 is 12.9. The van der Waals surface area contributed by atoms with Crippen LogP contribution in [-0.2, 0) is 21.7 Å². The van der Waals surface area contributed by atoms with Crippen LogP contribution in [0.3, 0.4) is 0 Å². The molecule has 0 aliphatic heterocycles. The van der Waals surface area contributed by atoms with Gasteiger partial charge in [0.2, 0.25) is 12.2 Å². The molecule has 8 rings (SSSR count). The first-order valence-corrected chi connectivity index (χ1v) is 20.3. The summed E-state index contributed by atoms with van der Waals surface area (Å²) in [5.74, 6) is 3.21. The van der Waals surface area contributed by atoms with Crippen LogP contribution in [0.1, 0.15) is 104 Å². The van der Waals surface area contributed by atoms with E-state index in [-0.39, 0.29) is 16.2 Å². The Bertz CT molecular complexity index is 2750. The lowest BCUT2D eigenvalue weighted by molar-refractivity contribution is -0.612. The number of fused-ring (bicyclic) bond motifs is 3. The Hall–Kier alpha value is -6.01. The maximum atomic E-state index is 6.68. The monoisotopic (exact) mass is 765 g/mol. The van der Waals surface area contributed by atoms with Crippen LogP contribution in [0.25, 0.3) is 39.0 Å². The number of hydrogen-bond donors (Lipinski definition) is 0. The number of pyridine rings is 1. The molecular weight excluding hydrogens is 711 g/mol. The van der Waals surface area contributed by atoms with Crippen LogP contribution in [0, 0.1) is 6.33 Å². The first-order valence-electron chi connectivity index (χ1n) is 20.3. The van der Waals surface area contributed by atoms with E-state index in [0.717, 1.165) is 45.2 Å². The third-order valence-corrected chi connectivity index (χ3v) is 11.3. The van der Waals surface area contributed by atoms with Gasteiger partial charge in [-0.3, -0.25) is 4.57 Å². The zero-order chi connectivity index (χ0) is 41.2. The van der Waals surface area contributed by atoms with Gasteiger partial charge in [0.1, 0.15) is 17.3 Å². The number of benzene rings is 5. The molecule has 294 valence electrons. The highest BCUT2D eigenvalue weighted by Crippen LogP contribution is 2.37. The van der Waals surface area contributed by atoms with E-state index in [1.807, 2.05) is 35.1 Å². The maximum Gasteiger partial charge on any atom is 0.212 e. The van der Waals surface area contributed by atoms with Crippen molar-refractivity contribution in [2.24, 2.45) is 0 Å². The number of aromatic nitrogens is 5. The van der Waals surface area contributed by atoms with E-state index in [0.29, 0.717) is 5.75 Å². The molecule has 0 saturated carbocycles. The van der Waals surface area contributed by atoms with Crippen molar-refractivity contribution in [2.45, 2.75) is 97.8 Å². The largest absolute Gasteiger partial charge is 0.458 e. The lowest BCUT2D eigenvalue weighted by Gasteiger charge is -2.28. The number of hydrogen-bond acceptors (Lipinski definition) is 3. The minimum absolute atomic E-state index is 0.00902. The van der Waals surface area contributed by atoms with Gasteiger partial charge < -0.3 is 9.30 Å². The normalized spacial score (nSPS) is 12.7. The molecule has 0 amide bonds. The molecule has 0 radical (unpaired) electrons. The van der Waals surface area contributed by atoms with E-state index < -0.39 is 5.41 Å². The predicted molar refractivity (Wildman–Crippen MR) is 237 cm³/mol. The summed E-state index contributed by atoms with van der Waals surface area (Å²) in [6.07, 6.45) is 5.59. The molecule has 0 bridgehead atoms. The summed E-state index contributed by atoms with van der Waals surface area (Å²) in [4.78, 5) is 4.86. The van der Waals surface area contributed by atoms with Gasteiger partial charge in [-0.25, -0.2) is 4.98 Å². The number of ether oxygens (including phenoxy) is 1. The zero-order valence-corrected chi connectivity index (χ0v) is 35.8. The molecular formula is C52H55N5O. The van der Waals surface area contributed by atoms with Crippen molar-refractivity contribution in [3.63, 3.8) is 0 Å². The van der Waals surface area contributed by atoms with E-state index in [1.165, 1.54) is 27.6 Å².